The topological polar surface area (TPSA) is 59.6 Å². The van der Waals surface area contributed by atoms with Crippen molar-refractivity contribution in [2.24, 2.45) is 11.8 Å². The first-order valence-corrected chi connectivity index (χ1v) is 8.02. The summed E-state index contributed by atoms with van der Waals surface area (Å²) in [5.41, 5.74) is 0. The molecule has 0 saturated carbocycles. The maximum absolute atomic E-state index is 11.8. The maximum Gasteiger partial charge on any atom is 0.314 e. The fraction of sp³-hybridized carbons (Fsp3) is 0.812. The molecule has 1 fully saturated rings. The highest BCUT2D eigenvalue weighted by atomic mass is 16.7. The van der Waals surface area contributed by atoms with E-state index in [1.165, 1.54) is 6.42 Å². The Kier molecular flexibility index (Phi) is 6.06. The summed E-state index contributed by atoms with van der Waals surface area (Å²) in [4.78, 5) is 11.8. The molecular weight excluding hydrogens is 268 g/mol. The predicted molar refractivity (Wildman–Crippen MR) is 82.0 cm³/mol. The minimum atomic E-state index is -0.480. The van der Waals surface area contributed by atoms with E-state index in [9.17, 15) is 4.79 Å². The van der Waals surface area contributed by atoms with Gasteiger partial charge in [0.1, 0.15) is 0 Å². The van der Waals surface area contributed by atoms with Crippen molar-refractivity contribution >= 4 is 6.03 Å². The van der Waals surface area contributed by atoms with E-state index >= 15 is 0 Å². The maximum atomic E-state index is 11.8. The highest BCUT2D eigenvalue weighted by Gasteiger charge is 2.32. The number of ether oxygens (including phenoxy) is 2. The van der Waals surface area contributed by atoms with E-state index in [4.69, 9.17) is 9.47 Å². The van der Waals surface area contributed by atoms with Crippen molar-refractivity contribution < 1.29 is 14.3 Å². The second-order valence-electron chi connectivity index (χ2n) is 6.38. The van der Waals surface area contributed by atoms with Crippen molar-refractivity contribution in [2.75, 3.05) is 26.3 Å². The first-order valence-electron chi connectivity index (χ1n) is 8.02. The molecule has 21 heavy (non-hydrogen) atoms. The third-order valence-electron chi connectivity index (χ3n) is 4.16. The van der Waals surface area contributed by atoms with E-state index in [1.54, 1.807) is 0 Å². The molecule has 0 radical (unpaired) electrons. The van der Waals surface area contributed by atoms with Crippen LogP contribution in [-0.2, 0) is 9.47 Å². The fourth-order valence-corrected chi connectivity index (χ4v) is 2.99. The van der Waals surface area contributed by atoms with Gasteiger partial charge in [0, 0.05) is 19.5 Å². The lowest BCUT2D eigenvalue weighted by Gasteiger charge is -2.26. The quantitative estimate of drug-likeness (QED) is 0.740. The SMILES string of the molecule is C[C@@H](CNC(=O)NC[C@@H]1CC=CCC1)CC1(C)OCCO1. The second kappa shape index (κ2) is 7.80. The minimum Gasteiger partial charge on any atom is -0.348 e. The number of urea groups is 1. The second-order valence-corrected chi connectivity index (χ2v) is 6.38. The summed E-state index contributed by atoms with van der Waals surface area (Å²) in [6.45, 7) is 6.78. The van der Waals surface area contributed by atoms with Crippen LogP contribution in [0.3, 0.4) is 0 Å². The Balaban J connectivity index is 1.58. The van der Waals surface area contributed by atoms with E-state index in [-0.39, 0.29) is 6.03 Å². The van der Waals surface area contributed by atoms with Gasteiger partial charge in [0.15, 0.2) is 5.79 Å². The zero-order chi connectivity index (χ0) is 15.1. The van der Waals surface area contributed by atoms with Crippen LogP contribution in [0.4, 0.5) is 4.79 Å². The Bertz CT molecular complexity index is 365. The van der Waals surface area contributed by atoms with Gasteiger partial charge in [-0.1, -0.05) is 19.1 Å². The van der Waals surface area contributed by atoms with Crippen LogP contribution >= 0.6 is 0 Å². The van der Waals surface area contributed by atoms with Crippen molar-refractivity contribution in [3.8, 4) is 0 Å². The van der Waals surface area contributed by atoms with E-state index in [0.717, 1.165) is 25.8 Å². The Labute approximate surface area is 127 Å². The molecule has 2 aliphatic rings. The highest BCUT2D eigenvalue weighted by molar-refractivity contribution is 5.73. The van der Waals surface area contributed by atoms with Crippen LogP contribution in [0, 0.1) is 11.8 Å². The van der Waals surface area contributed by atoms with Crippen molar-refractivity contribution in [1.29, 1.82) is 0 Å². The van der Waals surface area contributed by atoms with Crippen LogP contribution in [0.25, 0.3) is 0 Å². The first-order chi connectivity index (χ1) is 10.1. The summed E-state index contributed by atoms with van der Waals surface area (Å²) in [5.74, 6) is 0.417. The van der Waals surface area contributed by atoms with Crippen LogP contribution < -0.4 is 10.6 Å². The van der Waals surface area contributed by atoms with E-state index < -0.39 is 5.79 Å². The average Bonchev–Trinajstić information content (AvgIpc) is 2.90. The molecule has 0 unspecified atom stereocenters. The Morgan fingerprint density at radius 3 is 2.76 bits per heavy atom. The van der Waals surface area contributed by atoms with Gasteiger partial charge in [-0.2, -0.15) is 0 Å². The van der Waals surface area contributed by atoms with E-state index in [0.29, 0.717) is 31.6 Å². The van der Waals surface area contributed by atoms with Gasteiger partial charge in [-0.3, -0.25) is 0 Å². The molecule has 0 aromatic carbocycles. The third-order valence-corrected chi connectivity index (χ3v) is 4.16. The molecular formula is C16H28N2O3. The van der Waals surface area contributed by atoms with Crippen LogP contribution in [0.1, 0.15) is 39.5 Å². The monoisotopic (exact) mass is 296 g/mol. The predicted octanol–water partition coefficient (Wildman–Crippen LogP) is 2.43. The minimum absolute atomic E-state index is 0.0742. The van der Waals surface area contributed by atoms with Crippen molar-refractivity contribution in [3.63, 3.8) is 0 Å². The fourth-order valence-electron chi connectivity index (χ4n) is 2.99. The van der Waals surface area contributed by atoms with Crippen LogP contribution in [-0.4, -0.2) is 38.1 Å². The molecule has 1 saturated heterocycles. The highest BCUT2D eigenvalue weighted by Crippen LogP contribution is 2.26. The number of hydrogen-bond donors (Lipinski definition) is 2. The van der Waals surface area contributed by atoms with Gasteiger partial charge in [-0.25, -0.2) is 4.79 Å². The molecule has 0 aromatic heterocycles. The lowest BCUT2D eigenvalue weighted by atomic mass is 9.94. The molecule has 1 aliphatic carbocycles. The van der Waals surface area contributed by atoms with Gasteiger partial charge in [0.2, 0.25) is 0 Å². The lowest BCUT2D eigenvalue weighted by molar-refractivity contribution is -0.153. The van der Waals surface area contributed by atoms with Gasteiger partial charge in [0.05, 0.1) is 13.2 Å². The third kappa shape index (κ3) is 5.67. The summed E-state index contributed by atoms with van der Waals surface area (Å²) in [6, 6.07) is -0.0742. The van der Waals surface area contributed by atoms with Crippen LogP contribution in [0.5, 0.6) is 0 Å². The van der Waals surface area contributed by atoms with Gasteiger partial charge >= 0.3 is 6.03 Å². The molecule has 0 bridgehead atoms. The molecule has 5 nitrogen and oxygen atoms in total. The zero-order valence-corrected chi connectivity index (χ0v) is 13.2. The summed E-state index contributed by atoms with van der Waals surface area (Å²) in [6.07, 6.45) is 8.58. The van der Waals surface area contributed by atoms with Crippen molar-refractivity contribution in [3.05, 3.63) is 12.2 Å². The normalized spacial score (nSPS) is 25.5. The molecule has 2 atom stereocenters. The molecule has 0 spiro atoms. The lowest BCUT2D eigenvalue weighted by Crippen LogP contribution is -2.41. The van der Waals surface area contributed by atoms with Crippen molar-refractivity contribution in [1.82, 2.24) is 10.6 Å². The van der Waals surface area contributed by atoms with Gasteiger partial charge in [-0.15, -0.1) is 0 Å². The standard InChI is InChI=1S/C16H28N2O3/c1-13(10-16(2)20-8-9-21-16)11-17-15(19)18-12-14-6-4-3-5-7-14/h3-4,13-14H,5-12H2,1-2H3,(H2,17,18,19)/t13-,14-/m1/s1. The van der Waals surface area contributed by atoms with Crippen molar-refractivity contribution in [2.45, 2.75) is 45.3 Å². The van der Waals surface area contributed by atoms with E-state index in [2.05, 4.69) is 29.7 Å². The van der Waals surface area contributed by atoms with E-state index in [1.807, 2.05) is 6.92 Å². The summed E-state index contributed by atoms with van der Waals surface area (Å²) in [7, 11) is 0. The number of carbonyl (C=O) groups excluding carboxylic acids is 1. The number of allylic oxidation sites excluding steroid dienone is 2. The molecule has 1 aliphatic heterocycles. The molecule has 2 amide bonds. The molecule has 2 N–H and O–H groups in total. The molecule has 120 valence electrons. The Hall–Kier alpha value is -1.07. The molecule has 0 aromatic rings. The zero-order valence-electron chi connectivity index (χ0n) is 13.2. The number of hydrogen-bond acceptors (Lipinski definition) is 3. The number of rotatable bonds is 6. The first kappa shape index (κ1) is 16.3. The largest absolute Gasteiger partial charge is 0.348 e. The number of amides is 2. The van der Waals surface area contributed by atoms with Crippen LogP contribution in [0.2, 0.25) is 0 Å². The Morgan fingerprint density at radius 1 is 1.33 bits per heavy atom. The number of carbonyl (C=O) groups is 1. The smallest absolute Gasteiger partial charge is 0.314 e. The summed E-state index contributed by atoms with van der Waals surface area (Å²) in [5, 5.41) is 5.90. The van der Waals surface area contributed by atoms with Gasteiger partial charge < -0.3 is 20.1 Å². The van der Waals surface area contributed by atoms with Crippen LogP contribution in [0.15, 0.2) is 12.2 Å². The Morgan fingerprint density at radius 2 is 2.10 bits per heavy atom. The molecule has 1 heterocycles. The number of nitrogens with one attached hydrogen (secondary N) is 2. The molecule has 2 rings (SSSR count). The van der Waals surface area contributed by atoms with Gasteiger partial charge in [0.25, 0.3) is 0 Å². The summed E-state index contributed by atoms with van der Waals surface area (Å²) < 4.78 is 11.2. The van der Waals surface area contributed by atoms with Gasteiger partial charge in [-0.05, 0) is 38.0 Å². The summed E-state index contributed by atoms with van der Waals surface area (Å²) >= 11 is 0. The average molecular weight is 296 g/mol. The molecule has 5 heteroatoms.